The number of rotatable bonds is 10. The van der Waals surface area contributed by atoms with Crippen LogP contribution in [-0.4, -0.2) is 41.7 Å². The van der Waals surface area contributed by atoms with Crippen LogP contribution in [-0.2, 0) is 4.79 Å². The lowest BCUT2D eigenvalue weighted by Gasteiger charge is -2.15. The predicted molar refractivity (Wildman–Crippen MR) is 135 cm³/mol. The van der Waals surface area contributed by atoms with Gasteiger partial charge in [-0.2, -0.15) is 0 Å². The van der Waals surface area contributed by atoms with Gasteiger partial charge in [-0.15, -0.1) is 0 Å². The fraction of sp³-hybridized carbons (Fsp3) is 0.148. The molecule has 0 saturated heterocycles. The third-order valence-corrected chi connectivity index (χ3v) is 5.44. The molecule has 0 aliphatic carbocycles. The van der Waals surface area contributed by atoms with Gasteiger partial charge in [-0.25, -0.2) is 4.39 Å². The summed E-state index contributed by atoms with van der Waals surface area (Å²) in [4.78, 5) is 27.6. The summed E-state index contributed by atoms with van der Waals surface area (Å²) < 4.78 is 30.3. The molecule has 0 spiro atoms. The highest BCUT2D eigenvalue weighted by Crippen LogP contribution is 2.37. The standard InChI is InChI=1S/C27H24FN3O6/c1-35-24-14-20-22(15-25(24)36-13-11-21(29)27(33)34)30-12-10-23(20)37-19-8-6-18(7-9-19)31-26(32)16-2-4-17(28)5-3-16/h2-10,12,14-15,21H,11,13,29H2,1H3,(H,31,32)(H,33,34)/t21-/m0/s1. The van der Waals surface area contributed by atoms with Gasteiger partial charge in [-0.3, -0.25) is 14.6 Å². The summed E-state index contributed by atoms with van der Waals surface area (Å²) in [5.74, 6) is -0.000108. The lowest BCUT2D eigenvalue weighted by Crippen LogP contribution is -2.31. The van der Waals surface area contributed by atoms with E-state index in [-0.39, 0.29) is 18.9 Å². The number of halogens is 1. The number of fused-ring (bicyclic) bond motifs is 1. The zero-order valence-electron chi connectivity index (χ0n) is 19.8. The average Bonchev–Trinajstić information content (AvgIpc) is 2.89. The third-order valence-electron chi connectivity index (χ3n) is 5.44. The Morgan fingerprint density at radius 1 is 1.03 bits per heavy atom. The molecular weight excluding hydrogens is 481 g/mol. The smallest absolute Gasteiger partial charge is 0.320 e. The van der Waals surface area contributed by atoms with Gasteiger partial charge in [0.25, 0.3) is 5.91 Å². The SMILES string of the molecule is COc1cc2c(Oc3ccc(NC(=O)c4ccc(F)cc4)cc3)ccnc2cc1OCC[C@H](N)C(=O)O. The van der Waals surface area contributed by atoms with Gasteiger partial charge < -0.3 is 30.4 Å². The Bertz CT molecular complexity index is 1410. The van der Waals surface area contributed by atoms with Crippen LogP contribution in [0.25, 0.3) is 10.9 Å². The van der Waals surface area contributed by atoms with Gasteiger partial charge in [-0.05, 0) is 60.7 Å². The number of aliphatic carboxylic acids is 1. The van der Waals surface area contributed by atoms with E-state index in [9.17, 15) is 14.0 Å². The van der Waals surface area contributed by atoms with Crippen molar-refractivity contribution in [3.8, 4) is 23.0 Å². The Kier molecular flexibility index (Phi) is 7.80. The van der Waals surface area contributed by atoms with E-state index >= 15 is 0 Å². The van der Waals surface area contributed by atoms with Gasteiger partial charge in [0, 0.05) is 35.3 Å². The van der Waals surface area contributed by atoms with Crippen molar-refractivity contribution in [2.75, 3.05) is 19.0 Å². The number of carbonyl (C=O) groups is 2. The largest absolute Gasteiger partial charge is 0.493 e. The minimum Gasteiger partial charge on any atom is -0.493 e. The number of carboxylic acids is 1. The summed E-state index contributed by atoms with van der Waals surface area (Å²) in [7, 11) is 1.49. The number of aromatic nitrogens is 1. The van der Waals surface area contributed by atoms with E-state index in [0.29, 0.717) is 45.2 Å². The van der Waals surface area contributed by atoms with Gasteiger partial charge in [-0.1, -0.05) is 0 Å². The van der Waals surface area contributed by atoms with Crippen LogP contribution in [0, 0.1) is 5.82 Å². The van der Waals surface area contributed by atoms with Gasteiger partial charge in [0.1, 0.15) is 23.4 Å². The maximum atomic E-state index is 13.1. The van der Waals surface area contributed by atoms with Crippen LogP contribution in [0.15, 0.2) is 72.9 Å². The van der Waals surface area contributed by atoms with E-state index in [4.69, 9.17) is 25.1 Å². The number of amides is 1. The van der Waals surface area contributed by atoms with Crippen LogP contribution < -0.4 is 25.3 Å². The first-order chi connectivity index (χ1) is 17.8. The lowest BCUT2D eigenvalue weighted by molar-refractivity contribution is -0.138. The zero-order chi connectivity index (χ0) is 26.4. The number of hydrogen-bond acceptors (Lipinski definition) is 7. The number of hydrogen-bond donors (Lipinski definition) is 3. The number of ether oxygens (including phenoxy) is 3. The van der Waals surface area contributed by atoms with Crippen LogP contribution in [0.5, 0.6) is 23.0 Å². The molecule has 0 aliphatic rings. The number of carboxylic acid groups (broad SMARTS) is 1. The molecule has 0 radical (unpaired) electrons. The molecule has 10 heteroatoms. The summed E-state index contributed by atoms with van der Waals surface area (Å²) in [6.07, 6.45) is 1.72. The van der Waals surface area contributed by atoms with Crippen molar-refractivity contribution < 1.29 is 33.3 Å². The van der Waals surface area contributed by atoms with Crippen molar-refractivity contribution in [1.29, 1.82) is 0 Å². The molecule has 0 saturated carbocycles. The predicted octanol–water partition coefficient (Wildman–Crippen LogP) is 4.61. The Balaban J connectivity index is 1.47. The fourth-order valence-corrected chi connectivity index (χ4v) is 3.45. The van der Waals surface area contributed by atoms with Crippen LogP contribution in [0.1, 0.15) is 16.8 Å². The number of anilines is 1. The van der Waals surface area contributed by atoms with Crippen molar-refractivity contribution in [2.24, 2.45) is 5.73 Å². The quantitative estimate of drug-likeness (QED) is 0.285. The van der Waals surface area contributed by atoms with E-state index < -0.39 is 17.8 Å². The Morgan fingerprint density at radius 2 is 1.76 bits per heavy atom. The summed E-state index contributed by atoms with van der Waals surface area (Å²) >= 11 is 0. The minimum absolute atomic E-state index is 0.0928. The monoisotopic (exact) mass is 505 g/mol. The molecular formula is C27H24FN3O6. The topological polar surface area (TPSA) is 133 Å². The summed E-state index contributed by atoms with van der Waals surface area (Å²) in [6.45, 7) is 0.0928. The second-order valence-electron chi connectivity index (χ2n) is 8.00. The molecule has 37 heavy (non-hydrogen) atoms. The normalized spacial score (nSPS) is 11.5. The Labute approximate surface area is 211 Å². The molecule has 1 aromatic heterocycles. The average molecular weight is 506 g/mol. The maximum absolute atomic E-state index is 13.1. The Hall–Kier alpha value is -4.70. The van der Waals surface area contributed by atoms with Crippen LogP contribution in [0.2, 0.25) is 0 Å². The number of methoxy groups -OCH3 is 1. The van der Waals surface area contributed by atoms with Crippen LogP contribution in [0.3, 0.4) is 0 Å². The molecule has 0 fully saturated rings. The number of nitrogens with two attached hydrogens (primary N) is 1. The van der Waals surface area contributed by atoms with Crippen molar-refractivity contribution in [3.05, 3.63) is 84.3 Å². The molecule has 3 aromatic carbocycles. The molecule has 4 aromatic rings. The first-order valence-electron chi connectivity index (χ1n) is 11.3. The van der Waals surface area contributed by atoms with Gasteiger partial charge >= 0.3 is 5.97 Å². The fourth-order valence-electron chi connectivity index (χ4n) is 3.45. The zero-order valence-corrected chi connectivity index (χ0v) is 19.8. The second kappa shape index (κ2) is 11.4. The molecule has 0 unspecified atom stereocenters. The minimum atomic E-state index is -1.10. The summed E-state index contributed by atoms with van der Waals surface area (Å²) in [6, 6.07) is 16.1. The molecule has 4 N–H and O–H groups in total. The highest BCUT2D eigenvalue weighted by Gasteiger charge is 2.15. The number of carbonyl (C=O) groups excluding carboxylic acids is 1. The van der Waals surface area contributed by atoms with Crippen molar-refractivity contribution in [1.82, 2.24) is 4.98 Å². The number of nitrogens with zero attached hydrogens (tertiary/aromatic N) is 1. The number of nitrogens with one attached hydrogen (secondary N) is 1. The first-order valence-corrected chi connectivity index (χ1v) is 11.3. The maximum Gasteiger partial charge on any atom is 0.320 e. The summed E-state index contributed by atoms with van der Waals surface area (Å²) in [5.41, 5.74) is 7.00. The van der Waals surface area contributed by atoms with Crippen molar-refractivity contribution >= 4 is 28.5 Å². The molecule has 1 atom stereocenters. The lowest BCUT2D eigenvalue weighted by atomic mass is 10.1. The van der Waals surface area contributed by atoms with E-state index in [0.717, 1.165) is 0 Å². The van der Waals surface area contributed by atoms with E-state index in [1.54, 1.807) is 48.7 Å². The molecule has 9 nitrogen and oxygen atoms in total. The third kappa shape index (κ3) is 6.30. The molecule has 190 valence electrons. The molecule has 1 amide bonds. The molecule has 4 rings (SSSR count). The van der Waals surface area contributed by atoms with Gasteiger partial charge in [0.2, 0.25) is 0 Å². The van der Waals surface area contributed by atoms with Crippen molar-refractivity contribution in [2.45, 2.75) is 12.5 Å². The molecule has 0 bridgehead atoms. The molecule has 1 heterocycles. The number of pyridine rings is 1. The summed E-state index contributed by atoms with van der Waals surface area (Å²) in [5, 5.41) is 12.3. The van der Waals surface area contributed by atoms with E-state index in [1.165, 1.54) is 31.4 Å². The van der Waals surface area contributed by atoms with E-state index in [1.807, 2.05) is 0 Å². The number of benzene rings is 3. The van der Waals surface area contributed by atoms with Gasteiger partial charge in [0.05, 0.1) is 19.2 Å². The van der Waals surface area contributed by atoms with Crippen molar-refractivity contribution in [3.63, 3.8) is 0 Å². The van der Waals surface area contributed by atoms with Gasteiger partial charge in [0.15, 0.2) is 11.5 Å². The second-order valence-corrected chi connectivity index (χ2v) is 8.00. The van der Waals surface area contributed by atoms with Crippen LogP contribution in [0.4, 0.5) is 10.1 Å². The first kappa shape index (κ1) is 25.4. The Morgan fingerprint density at radius 3 is 2.43 bits per heavy atom. The highest BCUT2D eigenvalue weighted by atomic mass is 19.1. The van der Waals surface area contributed by atoms with E-state index in [2.05, 4.69) is 10.3 Å². The molecule has 0 aliphatic heterocycles. The van der Waals surface area contributed by atoms with Crippen LogP contribution >= 0.6 is 0 Å². The highest BCUT2D eigenvalue weighted by molar-refractivity contribution is 6.04.